The molecule has 4 aromatic rings. The molecule has 0 bridgehead atoms. The van der Waals surface area contributed by atoms with Crippen LogP contribution < -0.4 is 4.74 Å². The Morgan fingerprint density at radius 3 is 2.30 bits per heavy atom. The molecule has 0 N–H and O–H groups in total. The number of nitrogens with zero attached hydrogens (tertiary/aromatic N) is 3. The summed E-state index contributed by atoms with van der Waals surface area (Å²) in [4.78, 5) is 0. The van der Waals surface area contributed by atoms with Crippen molar-refractivity contribution >= 4 is 5.65 Å². The predicted octanol–water partition coefficient (Wildman–Crippen LogP) is 5.15. The number of hydrogen-bond donors (Lipinski definition) is 0. The molecule has 2 heterocycles. The first-order valence-corrected chi connectivity index (χ1v) is 8.90. The second-order valence-corrected chi connectivity index (χ2v) is 6.42. The highest BCUT2D eigenvalue weighted by Crippen LogP contribution is 2.27. The number of pyridine rings is 1. The summed E-state index contributed by atoms with van der Waals surface area (Å²) in [5.41, 5.74) is 2.46. The summed E-state index contributed by atoms with van der Waals surface area (Å²) in [5, 5.41) is 8.15. The topological polar surface area (TPSA) is 48.7 Å². The van der Waals surface area contributed by atoms with Gasteiger partial charge in [-0.25, -0.2) is 4.39 Å². The van der Waals surface area contributed by atoms with Crippen molar-refractivity contribution in [3.8, 4) is 16.9 Å². The van der Waals surface area contributed by atoms with Crippen LogP contribution in [-0.4, -0.2) is 21.0 Å². The van der Waals surface area contributed by atoms with Crippen LogP contribution in [0.2, 0.25) is 0 Å². The number of benzene rings is 2. The molecule has 30 heavy (non-hydrogen) atoms. The van der Waals surface area contributed by atoms with Gasteiger partial charge in [-0.2, -0.15) is 0 Å². The zero-order valence-corrected chi connectivity index (χ0v) is 15.4. The van der Waals surface area contributed by atoms with Crippen molar-refractivity contribution in [2.75, 3.05) is 0 Å². The molecule has 9 heteroatoms. The summed E-state index contributed by atoms with van der Waals surface area (Å²) in [6.07, 6.45) is -2.97. The lowest BCUT2D eigenvalue weighted by Crippen LogP contribution is -2.16. The van der Waals surface area contributed by atoms with Gasteiger partial charge in [-0.15, -0.1) is 23.4 Å². The Bertz CT molecular complexity index is 1160. The molecule has 0 saturated carbocycles. The van der Waals surface area contributed by atoms with E-state index in [-0.39, 0.29) is 24.8 Å². The molecule has 0 fully saturated rings. The lowest BCUT2D eigenvalue weighted by Gasteiger charge is -2.10. The van der Waals surface area contributed by atoms with Crippen molar-refractivity contribution in [3.63, 3.8) is 0 Å². The Hall–Kier alpha value is -3.46. The quantitative estimate of drug-likeness (QED) is 0.407. The fraction of sp³-hybridized carbons (Fsp3) is 0.143. The van der Waals surface area contributed by atoms with Gasteiger partial charge < -0.3 is 9.47 Å². The fourth-order valence-electron chi connectivity index (χ4n) is 2.92. The number of ether oxygens (including phenoxy) is 2. The lowest BCUT2D eigenvalue weighted by molar-refractivity contribution is -0.274. The van der Waals surface area contributed by atoms with Gasteiger partial charge >= 0.3 is 6.36 Å². The van der Waals surface area contributed by atoms with Gasteiger partial charge in [0.1, 0.15) is 18.2 Å². The average molecular weight is 417 g/mol. The molecule has 0 atom stereocenters. The number of halogens is 4. The van der Waals surface area contributed by atoms with Gasteiger partial charge in [0.25, 0.3) is 0 Å². The second kappa shape index (κ2) is 8.11. The number of aromatic nitrogens is 3. The van der Waals surface area contributed by atoms with E-state index in [1.165, 1.54) is 30.3 Å². The molecule has 0 spiro atoms. The van der Waals surface area contributed by atoms with Crippen LogP contribution >= 0.6 is 0 Å². The van der Waals surface area contributed by atoms with Crippen LogP contribution in [0.15, 0.2) is 66.9 Å². The molecule has 4 rings (SSSR count). The number of hydrogen-bond acceptors (Lipinski definition) is 4. The van der Waals surface area contributed by atoms with Crippen LogP contribution in [0, 0.1) is 5.82 Å². The standard InChI is InChI=1S/C21H15F4N3O2/c22-18-4-2-1-3-16(18)12-29-13-20-27-26-19-10-7-15(11-28(19)20)14-5-8-17(9-6-14)30-21(23,24)25/h1-11H,12-13H2. The highest BCUT2D eigenvalue weighted by atomic mass is 19.4. The Morgan fingerprint density at radius 1 is 0.833 bits per heavy atom. The van der Waals surface area contributed by atoms with Crippen molar-refractivity contribution in [1.82, 2.24) is 14.6 Å². The van der Waals surface area contributed by atoms with Crippen LogP contribution in [-0.2, 0) is 18.0 Å². The van der Waals surface area contributed by atoms with E-state index in [2.05, 4.69) is 14.9 Å². The molecule has 5 nitrogen and oxygen atoms in total. The van der Waals surface area contributed by atoms with Gasteiger partial charge in [0.15, 0.2) is 11.5 Å². The minimum atomic E-state index is -4.74. The fourth-order valence-corrected chi connectivity index (χ4v) is 2.92. The molecule has 0 aliphatic carbocycles. The summed E-state index contributed by atoms with van der Waals surface area (Å²) in [7, 11) is 0. The molecule has 0 radical (unpaired) electrons. The zero-order valence-electron chi connectivity index (χ0n) is 15.4. The molecule has 154 valence electrons. The number of alkyl halides is 3. The van der Waals surface area contributed by atoms with E-state index in [0.717, 1.165) is 5.56 Å². The maximum atomic E-state index is 13.7. The lowest BCUT2D eigenvalue weighted by atomic mass is 10.1. The van der Waals surface area contributed by atoms with Crippen molar-refractivity contribution in [2.45, 2.75) is 19.6 Å². The minimum absolute atomic E-state index is 0.0853. The van der Waals surface area contributed by atoms with E-state index < -0.39 is 6.36 Å². The van der Waals surface area contributed by atoms with E-state index in [1.54, 1.807) is 40.9 Å². The normalized spacial score (nSPS) is 11.7. The van der Waals surface area contributed by atoms with Gasteiger partial charge in [-0.05, 0) is 41.5 Å². The maximum absolute atomic E-state index is 13.7. The Kier molecular flexibility index (Phi) is 5.37. The van der Waals surface area contributed by atoms with E-state index in [1.807, 2.05) is 0 Å². The highest BCUT2D eigenvalue weighted by Gasteiger charge is 2.30. The maximum Gasteiger partial charge on any atom is 0.573 e. The van der Waals surface area contributed by atoms with E-state index in [9.17, 15) is 17.6 Å². The zero-order chi connectivity index (χ0) is 21.1. The number of rotatable bonds is 6. The smallest absolute Gasteiger partial charge is 0.406 e. The molecule has 0 aliphatic rings. The van der Waals surface area contributed by atoms with Crippen molar-refractivity contribution in [2.24, 2.45) is 0 Å². The largest absolute Gasteiger partial charge is 0.573 e. The van der Waals surface area contributed by atoms with Gasteiger partial charge in [0.05, 0.1) is 6.61 Å². The molecule has 0 aliphatic heterocycles. The molecule has 0 amide bonds. The molecular weight excluding hydrogens is 402 g/mol. The van der Waals surface area contributed by atoms with E-state index in [4.69, 9.17) is 4.74 Å². The molecule has 2 aromatic carbocycles. The first-order valence-electron chi connectivity index (χ1n) is 8.90. The Morgan fingerprint density at radius 2 is 1.57 bits per heavy atom. The first kappa shape index (κ1) is 19.8. The van der Waals surface area contributed by atoms with Crippen LogP contribution in [0.25, 0.3) is 16.8 Å². The first-order chi connectivity index (χ1) is 14.4. The van der Waals surface area contributed by atoms with Crippen LogP contribution in [0.3, 0.4) is 0 Å². The predicted molar refractivity (Wildman–Crippen MR) is 100.0 cm³/mol. The van der Waals surface area contributed by atoms with E-state index in [0.29, 0.717) is 22.6 Å². The van der Waals surface area contributed by atoms with Gasteiger partial charge in [-0.3, -0.25) is 4.40 Å². The van der Waals surface area contributed by atoms with Crippen molar-refractivity contribution in [3.05, 3.63) is 84.1 Å². The summed E-state index contributed by atoms with van der Waals surface area (Å²) >= 11 is 0. The summed E-state index contributed by atoms with van der Waals surface area (Å²) in [6.45, 7) is 0.194. The SMILES string of the molecule is Fc1ccccc1COCc1nnc2ccc(-c3ccc(OC(F)(F)F)cc3)cn12. The highest BCUT2D eigenvalue weighted by molar-refractivity contribution is 5.65. The summed E-state index contributed by atoms with van der Waals surface area (Å²) in [5.74, 6) is -0.122. The minimum Gasteiger partial charge on any atom is -0.406 e. The molecule has 0 saturated heterocycles. The van der Waals surface area contributed by atoms with Gasteiger partial charge in [-0.1, -0.05) is 30.3 Å². The Labute approximate surface area is 168 Å². The Balaban J connectivity index is 1.50. The van der Waals surface area contributed by atoms with Crippen LogP contribution in [0.1, 0.15) is 11.4 Å². The van der Waals surface area contributed by atoms with Crippen LogP contribution in [0.5, 0.6) is 5.75 Å². The number of fused-ring (bicyclic) bond motifs is 1. The third-order valence-corrected chi connectivity index (χ3v) is 4.34. The summed E-state index contributed by atoms with van der Waals surface area (Å²) < 4.78 is 61.8. The van der Waals surface area contributed by atoms with Crippen molar-refractivity contribution in [1.29, 1.82) is 0 Å². The average Bonchev–Trinajstić information content (AvgIpc) is 3.11. The van der Waals surface area contributed by atoms with Gasteiger partial charge in [0.2, 0.25) is 0 Å². The molecular formula is C21H15F4N3O2. The molecule has 0 unspecified atom stereocenters. The summed E-state index contributed by atoms with van der Waals surface area (Å²) in [6, 6.07) is 15.4. The second-order valence-electron chi connectivity index (χ2n) is 6.42. The third kappa shape index (κ3) is 4.57. The van der Waals surface area contributed by atoms with E-state index >= 15 is 0 Å². The van der Waals surface area contributed by atoms with Crippen LogP contribution in [0.4, 0.5) is 17.6 Å². The third-order valence-electron chi connectivity index (χ3n) is 4.34. The molecule has 2 aromatic heterocycles. The van der Waals surface area contributed by atoms with Crippen molar-refractivity contribution < 1.29 is 27.0 Å². The van der Waals surface area contributed by atoms with Gasteiger partial charge in [0, 0.05) is 11.8 Å². The monoisotopic (exact) mass is 417 g/mol.